The Labute approximate surface area is 96.3 Å². The molecule has 0 aliphatic heterocycles. The fourth-order valence-electron chi connectivity index (χ4n) is 1.19. The van der Waals surface area contributed by atoms with Gasteiger partial charge in [0.2, 0.25) is 0 Å². The minimum Gasteiger partial charge on any atom is -0.396 e. The van der Waals surface area contributed by atoms with Gasteiger partial charge < -0.3 is 10.4 Å². The second-order valence-corrected chi connectivity index (χ2v) is 5.00. The maximum Gasteiger partial charge on any atom is 0.0498 e. The number of anilines is 1. The number of rotatable bonds is 4. The molecule has 0 atom stereocenters. The normalized spacial score (nSPS) is 11.5. The number of aliphatic hydroxyl groups is 1. The lowest BCUT2D eigenvalue weighted by Crippen LogP contribution is -2.27. The lowest BCUT2D eigenvalue weighted by atomic mass is 9.95. The first kappa shape index (κ1) is 12.3. The molecule has 0 bridgehead atoms. The van der Waals surface area contributed by atoms with E-state index < -0.39 is 0 Å². The number of halogens is 1. The van der Waals surface area contributed by atoms with E-state index in [-0.39, 0.29) is 12.0 Å². The summed E-state index contributed by atoms with van der Waals surface area (Å²) in [7, 11) is 0. The van der Waals surface area contributed by atoms with Crippen molar-refractivity contribution in [1.29, 1.82) is 0 Å². The molecule has 0 saturated carbocycles. The molecule has 0 heterocycles. The van der Waals surface area contributed by atoms with Gasteiger partial charge in [-0.25, -0.2) is 0 Å². The number of nitrogens with one attached hydrogen (secondary N) is 1. The van der Waals surface area contributed by atoms with Crippen molar-refractivity contribution in [3.05, 3.63) is 28.8 Å². The smallest absolute Gasteiger partial charge is 0.0498 e. The predicted molar refractivity (Wildman–Crippen MR) is 65.5 cm³/mol. The van der Waals surface area contributed by atoms with Crippen molar-refractivity contribution in [1.82, 2.24) is 0 Å². The first-order chi connectivity index (χ1) is 6.96. The first-order valence-corrected chi connectivity index (χ1v) is 5.44. The highest BCUT2D eigenvalue weighted by molar-refractivity contribution is 6.31. The van der Waals surface area contributed by atoms with Crippen LogP contribution in [0.3, 0.4) is 0 Å². The van der Waals surface area contributed by atoms with Crippen LogP contribution in [0.15, 0.2) is 18.2 Å². The summed E-state index contributed by atoms with van der Waals surface area (Å²) >= 11 is 6.01. The summed E-state index contributed by atoms with van der Waals surface area (Å²) in [6, 6.07) is 5.79. The molecule has 0 unspecified atom stereocenters. The van der Waals surface area contributed by atoms with Crippen LogP contribution >= 0.6 is 11.6 Å². The Morgan fingerprint density at radius 1 is 1.40 bits per heavy atom. The van der Waals surface area contributed by atoms with Gasteiger partial charge in [-0.2, -0.15) is 0 Å². The van der Waals surface area contributed by atoms with E-state index in [1.165, 1.54) is 0 Å². The van der Waals surface area contributed by atoms with Crippen molar-refractivity contribution in [2.45, 2.75) is 20.8 Å². The van der Waals surface area contributed by atoms with Gasteiger partial charge in [0.05, 0.1) is 0 Å². The Hall–Kier alpha value is -0.730. The Morgan fingerprint density at radius 2 is 2.07 bits per heavy atom. The molecule has 84 valence electrons. The average Bonchev–Trinajstić information content (AvgIpc) is 2.20. The van der Waals surface area contributed by atoms with E-state index in [0.717, 1.165) is 22.8 Å². The third-order valence-corrected chi connectivity index (χ3v) is 2.86. The quantitative estimate of drug-likeness (QED) is 0.829. The lowest BCUT2D eigenvalue weighted by Gasteiger charge is -2.23. The maximum atomic E-state index is 9.13. The van der Waals surface area contributed by atoms with Crippen LogP contribution in [0.1, 0.15) is 19.4 Å². The molecule has 1 rings (SSSR count). The molecule has 0 amide bonds. The first-order valence-electron chi connectivity index (χ1n) is 5.06. The molecule has 3 heteroatoms. The molecule has 0 fully saturated rings. The summed E-state index contributed by atoms with van der Waals surface area (Å²) in [4.78, 5) is 0. The third-order valence-electron chi connectivity index (χ3n) is 2.45. The SMILES string of the molecule is Cc1c(Cl)cccc1NCC(C)(C)CO. The highest BCUT2D eigenvalue weighted by atomic mass is 35.5. The van der Waals surface area contributed by atoms with E-state index in [1.807, 2.05) is 39.0 Å². The van der Waals surface area contributed by atoms with E-state index in [2.05, 4.69) is 5.32 Å². The highest BCUT2D eigenvalue weighted by Crippen LogP contribution is 2.24. The van der Waals surface area contributed by atoms with Gasteiger partial charge in [-0.15, -0.1) is 0 Å². The van der Waals surface area contributed by atoms with Gasteiger partial charge in [-0.1, -0.05) is 31.5 Å². The fourth-order valence-corrected chi connectivity index (χ4v) is 1.36. The molecule has 0 radical (unpaired) electrons. The molecule has 0 aromatic heterocycles. The number of hydrogen-bond acceptors (Lipinski definition) is 2. The van der Waals surface area contributed by atoms with E-state index in [9.17, 15) is 0 Å². The Bertz CT molecular complexity index is 336. The van der Waals surface area contributed by atoms with E-state index >= 15 is 0 Å². The monoisotopic (exact) mass is 227 g/mol. The van der Waals surface area contributed by atoms with Gasteiger partial charge in [0.25, 0.3) is 0 Å². The van der Waals surface area contributed by atoms with Crippen LogP contribution in [-0.2, 0) is 0 Å². The molecule has 0 spiro atoms. The Balaban J connectivity index is 2.70. The van der Waals surface area contributed by atoms with E-state index in [0.29, 0.717) is 0 Å². The van der Waals surface area contributed by atoms with E-state index in [4.69, 9.17) is 16.7 Å². The van der Waals surface area contributed by atoms with Crippen molar-refractivity contribution in [2.24, 2.45) is 5.41 Å². The summed E-state index contributed by atoms with van der Waals surface area (Å²) < 4.78 is 0. The zero-order chi connectivity index (χ0) is 11.5. The summed E-state index contributed by atoms with van der Waals surface area (Å²) in [6.07, 6.45) is 0. The van der Waals surface area contributed by atoms with Crippen LogP contribution in [0.4, 0.5) is 5.69 Å². The number of aliphatic hydroxyl groups excluding tert-OH is 1. The van der Waals surface area contributed by atoms with Gasteiger partial charge in [0, 0.05) is 29.3 Å². The van der Waals surface area contributed by atoms with Crippen LogP contribution in [-0.4, -0.2) is 18.3 Å². The molecule has 1 aromatic rings. The summed E-state index contributed by atoms with van der Waals surface area (Å²) in [6.45, 7) is 6.90. The van der Waals surface area contributed by atoms with E-state index in [1.54, 1.807) is 0 Å². The van der Waals surface area contributed by atoms with Gasteiger partial charge in [0.15, 0.2) is 0 Å². The Kier molecular flexibility index (Phi) is 4.00. The average molecular weight is 228 g/mol. The standard InChI is InChI=1S/C12H18ClNO/c1-9-10(13)5-4-6-11(9)14-7-12(2,3)8-15/h4-6,14-15H,7-8H2,1-3H3. The van der Waals surface area contributed by atoms with Crippen LogP contribution in [0.25, 0.3) is 0 Å². The molecule has 2 N–H and O–H groups in total. The second kappa shape index (κ2) is 4.86. The summed E-state index contributed by atoms with van der Waals surface area (Å²) in [5, 5.41) is 13.2. The van der Waals surface area contributed by atoms with Gasteiger partial charge >= 0.3 is 0 Å². The second-order valence-electron chi connectivity index (χ2n) is 4.59. The zero-order valence-corrected chi connectivity index (χ0v) is 10.2. The number of hydrogen-bond donors (Lipinski definition) is 2. The van der Waals surface area contributed by atoms with Crippen molar-refractivity contribution in [3.63, 3.8) is 0 Å². The molecular formula is C12H18ClNO. The largest absolute Gasteiger partial charge is 0.396 e. The van der Waals surface area contributed by atoms with Crippen molar-refractivity contribution >= 4 is 17.3 Å². The molecule has 0 aliphatic rings. The van der Waals surface area contributed by atoms with Crippen LogP contribution in [0.5, 0.6) is 0 Å². The minimum absolute atomic E-state index is 0.116. The van der Waals surface area contributed by atoms with Crippen molar-refractivity contribution in [3.8, 4) is 0 Å². The molecule has 0 aliphatic carbocycles. The number of benzene rings is 1. The topological polar surface area (TPSA) is 32.3 Å². The van der Waals surface area contributed by atoms with Crippen LogP contribution in [0, 0.1) is 12.3 Å². The molecule has 0 saturated heterocycles. The van der Waals surface area contributed by atoms with Gasteiger partial charge in [-0.3, -0.25) is 0 Å². The fraction of sp³-hybridized carbons (Fsp3) is 0.500. The summed E-state index contributed by atoms with van der Waals surface area (Å²) in [5.41, 5.74) is 1.96. The highest BCUT2D eigenvalue weighted by Gasteiger charge is 2.16. The predicted octanol–water partition coefficient (Wildman–Crippen LogP) is 3.08. The zero-order valence-electron chi connectivity index (χ0n) is 9.47. The molecule has 2 nitrogen and oxygen atoms in total. The van der Waals surface area contributed by atoms with Crippen LogP contribution < -0.4 is 5.32 Å². The molecule has 1 aromatic carbocycles. The minimum atomic E-state index is -0.116. The lowest BCUT2D eigenvalue weighted by molar-refractivity contribution is 0.171. The summed E-state index contributed by atoms with van der Waals surface area (Å²) in [5.74, 6) is 0. The van der Waals surface area contributed by atoms with Crippen molar-refractivity contribution < 1.29 is 5.11 Å². The van der Waals surface area contributed by atoms with Gasteiger partial charge in [0.1, 0.15) is 0 Å². The van der Waals surface area contributed by atoms with Crippen LogP contribution in [0.2, 0.25) is 5.02 Å². The van der Waals surface area contributed by atoms with Crippen molar-refractivity contribution in [2.75, 3.05) is 18.5 Å². The third kappa shape index (κ3) is 3.40. The van der Waals surface area contributed by atoms with Gasteiger partial charge in [-0.05, 0) is 24.6 Å². The Morgan fingerprint density at radius 3 is 2.67 bits per heavy atom. The molecular weight excluding hydrogens is 210 g/mol. The molecule has 15 heavy (non-hydrogen) atoms. The maximum absolute atomic E-state index is 9.13.